The molecule has 2 fully saturated rings. The molecule has 5 nitrogen and oxygen atoms in total. The number of nitrogens with zero attached hydrogens (tertiary/aromatic N) is 2. The van der Waals surface area contributed by atoms with Crippen LogP contribution in [0.4, 0.5) is 4.79 Å². The highest BCUT2D eigenvalue weighted by Crippen LogP contribution is 2.16. The van der Waals surface area contributed by atoms with Crippen LogP contribution in [-0.2, 0) is 6.54 Å². The zero-order chi connectivity index (χ0) is 14.5. The molecule has 5 heteroatoms. The SMILES string of the molecule is O=C(NCc1ccccc1)N1CCC(N2CCNCC2)C1. The monoisotopic (exact) mass is 288 g/mol. The molecular formula is C16H24N4O. The van der Waals surface area contributed by atoms with Gasteiger partial charge in [-0.3, -0.25) is 4.90 Å². The largest absolute Gasteiger partial charge is 0.334 e. The molecule has 2 aliphatic heterocycles. The van der Waals surface area contributed by atoms with E-state index < -0.39 is 0 Å². The molecule has 0 spiro atoms. The van der Waals surface area contributed by atoms with Gasteiger partial charge in [0.2, 0.25) is 0 Å². The van der Waals surface area contributed by atoms with Crippen molar-refractivity contribution in [2.24, 2.45) is 0 Å². The number of piperazine rings is 1. The Balaban J connectivity index is 1.45. The highest BCUT2D eigenvalue weighted by molar-refractivity contribution is 5.74. The van der Waals surface area contributed by atoms with Gasteiger partial charge in [-0.25, -0.2) is 4.79 Å². The van der Waals surface area contributed by atoms with Gasteiger partial charge in [-0.15, -0.1) is 0 Å². The molecule has 0 aromatic heterocycles. The summed E-state index contributed by atoms with van der Waals surface area (Å²) in [7, 11) is 0. The highest BCUT2D eigenvalue weighted by atomic mass is 16.2. The van der Waals surface area contributed by atoms with E-state index in [1.165, 1.54) is 0 Å². The standard InChI is InChI=1S/C16H24N4O/c21-16(18-12-14-4-2-1-3-5-14)20-9-6-15(13-20)19-10-7-17-8-11-19/h1-5,15,17H,6-13H2,(H,18,21). The van der Waals surface area contributed by atoms with E-state index in [0.29, 0.717) is 12.6 Å². The summed E-state index contributed by atoms with van der Waals surface area (Å²) in [4.78, 5) is 16.7. The molecule has 1 aromatic carbocycles. The molecule has 1 atom stereocenters. The van der Waals surface area contributed by atoms with Crippen LogP contribution in [0.5, 0.6) is 0 Å². The van der Waals surface area contributed by atoms with E-state index in [2.05, 4.69) is 15.5 Å². The summed E-state index contributed by atoms with van der Waals surface area (Å²) in [5, 5.41) is 6.40. The number of amides is 2. The minimum Gasteiger partial charge on any atom is -0.334 e. The predicted octanol–water partition coefficient (Wildman–Crippen LogP) is 0.876. The van der Waals surface area contributed by atoms with Gasteiger partial charge in [-0.2, -0.15) is 0 Å². The second-order valence-electron chi connectivity index (χ2n) is 5.82. The molecule has 114 valence electrons. The Labute approximate surface area is 126 Å². The number of nitrogens with one attached hydrogen (secondary N) is 2. The van der Waals surface area contributed by atoms with Crippen LogP contribution < -0.4 is 10.6 Å². The van der Waals surface area contributed by atoms with E-state index in [1.54, 1.807) is 0 Å². The Morgan fingerprint density at radius 2 is 1.95 bits per heavy atom. The third-order valence-corrected chi connectivity index (χ3v) is 4.41. The minimum absolute atomic E-state index is 0.0662. The summed E-state index contributed by atoms with van der Waals surface area (Å²) in [6.07, 6.45) is 1.10. The van der Waals surface area contributed by atoms with Crippen LogP contribution in [0.3, 0.4) is 0 Å². The van der Waals surface area contributed by atoms with Crippen molar-refractivity contribution in [1.82, 2.24) is 20.4 Å². The third kappa shape index (κ3) is 3.74. The first-order chi connectivity index (χ1) is 10.3. The maximum Gasteiger partial charge on any atom is 0.317 e. The van der Waals surface area contributed by atoms with Crippen molar-refractivity contribution in [2.75, 3.05) is 39.3 Å². The quantitative estimate of drug-likeness (QED) is 0.868. The number of benzene rings is 1. The minimum atomic E-state index is 0.0662. The summed E-state index contributed by atoms with van der Waals surface area (Å²) in [5.74, 6) is 0. The number of carbonyl (C=O) groups excluding carboxylic acids is 1. The lowest BCUT2D eigenvalue weighted by Gasteiger charge is -2.32. The first-order valence-corrected chi connectivity index (χ1v) is 7.84. The van der Waals surface area contributed by atoms with Crippen LogP contribution >= 0.6 is 0 Å². The molecular weight excluding hydrogens is 264 g/mol. The Morgan fingerprint density at radius 1 is 1.19 bits per heavy atom. The van der Waals surface area contributed by atoms with Crippen molar-refractivity contribution in [3.63, 3.8) is 0 Å². The molecule has 0 aliphatic carbocycles. The number of hydrogen-bond acceptors (Lipinski definition) is 3. The lowest BCUT2D eigenvalue weighted by atomic mass is 10.2. The van der Waals surface area contributed by atoms with Crippen molar-refractivity contribution >= 4 is 6.03 Å². The lowest BCUT2D eigenvalue weighted by Crippen LogP contribution is -2.49. The summed E-state index contributed by atoms with van der Waals surface area (Å²) in [6.45, 7) is 6.67. The summed E-state index contributed by atoms with van der Waals surface area (Å²) in [5.41, 5.74) is 1.14. The summed E-state index contributed by atoms with van der Waals surface area (Å²) < 4.78 is 0. The number of hydrogen-bond donors (Lipinski definition) is 2. The van der Waals surface area contributed by atoms with Gasteiger partial charge in [0.15, 0.2) is 0 Å². The lowest BCUT2D eigenvalue weighted by molar-refractivity contribution is 0.169. The molecule has 3 rings (SSSR count). The molecule has 2 N–H and O–H groups in total. The van der Waals surface area contributed by atoms with E-state index in [0.717, 1.165) is 51.3 Å². The smallest absolute Gasteiger partial charge is 0.317 e. The second-order valence-corrected chi connectivity index (χ2v) is 5.82. The molecule has 0 bridgehead atoms. The fourth-order valence-corrected chi connectivity index (χ4v) is 3.16. The van der Waals surface area contributed by atoms with Gasteiger partial charge in [0, 0.05) is 51.9 Å². The van der Waals surface area contributed by atoms with Crippen LogP contribution in [0, 0.1) is 0 Å². The summed E-state index contributed by atoms with van der Waals surface area (Å²) >= 11 is 0. The number of carbonyl (C=O) groups is 1. The van der Waals surface area contributed by atoms with Gasteiger partial charge in [0.25, 0.3) is 0 Å². The Hall–Kier alpha value is -1.59. The average molecular weight is 288 g/mol. The molecule has 0 radical (unpaired) electrons. The number of rotatable bonds is 3. The van der Waals surface area contributed by atoms with Crippen LogP contribution in [0.2, 0.25) is 0 Å². The molecule has 21 heavy (non-hydrogen) atoms. The second kappa shape index (κ2) is 6.91. The molecule has 0 saturated carbocycles. The molecule has 2 heterocycles. The van der Waals surface area contributed by atoms with Gasteiger partial charge in [0.05, 0.1) is 0 Å². The molecule has 2 amide bonds. The number of likely N-dealkylation sites (tertiary alicyclic amines) is 1. The summed E-state index contributed by atoms with van der Waals surface area (Å²) in [6, 6.07) is 10.7. The van der Waals surface area contributed by atoms with Crippen LogP contribution in [0.1, 0.15) is 12.0 Å². The number of urea groups is 1. The van der Waals surface area contributed by atoms with Crippen molar-refractivity contribution < 1.29 is 4.79 Å². The average Bonchev–Trinajstić information content (AvgIpc) is 3.04. The zero-order valence-electron chi connectivity index (χ0n) is 12.4. The van der Waals surface area contributed by atoms with Gasteiger partial charge in [0.1, 0.15) is 0 Å². The van der Waals surface area contributed by atoms with E-state index in [1.807, 2.05) is 35.2 Å². The third-order valence-electron chi connectivity index (χ3n) is 4.41. The fourth-order valence-electron chi connectivity index (χ4n) is 3.16. The van der Waals surface area contributed by atoms with Crippen LogP contribution in [-0.4, -0.2) is 61.1 Å². The first-order valence-electron chi connectivity index (χ1n) is 7.84. The molecule has 2 saturated heterocycles. The predicted molar refractivity (Wildman–Crippen MR) is 83.1 cm³/mol. The Morgan fingerprint density at radius 3 is 2.71 bits per heavy atom. The highest BCUT2D eigenvalue weighted by Gasteiger charge is 2.30. The van der Waals surface area contributed by atoms with Gasteiger partial charge in [-0.05, 0) is 12.0 Å². The maximum atomic E-state index is 12.2. The Bertz CT molecular complexity index is 459. The van der Waals surface area contributed by atoms with E-state index in [-0.39, 0.29) is 6.03 Å². The van der Waals surface area contributed by atoms with Gasteiger partial charge in [-0.1, -0.05) is 30.3 Å². The Kier molecular flexibility index (Phi) is 4.72. The van der Waals surface area contributed by atoms with E-state index in [4.69, 9.17) is 0 Å². The van der Waals surface area contributed by atoms with Crippen molar-refractivity contribution in [2.45, 2.75) is 19.0 Å². The van der Waals surface area contributed by atoms with Crippen molar-refractivity contribution in [1.29, 1.82) is 0 Å². The van der Waals surface area contributed by atoms with E-state index >= 15 is 0 Å². The van der Waals surface area contributed by atoms with E-state index in [9.17, 15) is 4.79 Å². The van der Waals surface area contributed by atoms with Crippen molar-refractivity contribution in [3.05, 3.63) is 35.9 Å². The normalized spacial score (nSPS) is 23.2. The van der Waals surface area contributed by atoms with Gasteiger partial charge < -0.3 is 15.5 Å². The van der Waals surface area contributed by atoms with Gasteiger partial charge >= 0.3 is 6.03 Å². The molecule has 1 unspecified atom stereocenters. The zero-order valence-corrected chi connectivity index (χ0v) is 12.4. The first kappa shape index (κ1) is 14.4. The van der Waals surface area contributed by atoms with Crippen LogP contribution in [0.25, 0.3) is 0 Å². The van der Waals surface area contributed by atoms with Crippen LogP contribution in [0.15, 0.2) is 30.3 Å². The van der Waals surface area contributed by atoms with Crippen molar-refractivity contribution in [3.8, 4) is 0 Å². The molecule has 1 aromatic rings. The molecule has 2 aliphatic rings. The fraction of sp³-hybridized carbons (Fsp3) is 0.562. The topological polar surface area (TPSA) is 47.6 Å². The maximum absolute atomic E-state index is 12.2.